The molecule has 1 aromatic rings. The van der Waals surface area contributed by atoms with E-state index < -0.39 is 17.7 Å². The molecule has 1 aromatic carbocycles. The Labute approximate surface area is 104 Å². The second-order valence-electron chi connectivity index (χ2n) is 3.83. The molecule has 1 aliphatic heterocycles. The molecule has 0 fully saturated rings. The molecule has 0 bridgehead atoms. The largest absolute Gasteiger partial charge is 0.466 e. The first-order valence-corrected chi connectivity index (χ1v) is 5.27. The summed E-state index contributed by atoms with van der Waals surface area (Å²) >= 11 is 0. The van der Waals surface area contributed by atoms with Crippen molar-refractivity contribution in [1.29, 1.82) is 0 Å². The Morgan fingerprint density at radius 1 is 1.33 bits per heavy atom. The molecule has 1 aliphatic rings. The molecule has 18 heavy (non-hydrogen) atoms. The van der Waals surface area contributed by atoms with Crippen LogP contribution in [-0.4, -0.2) is 31.8 Å². The van der Waals surface area contributed by atoms with E-state index in [0.29, 0.717) is 16.8 Å². The molecule has 0 saturated heterocycles. The predicted molar refractivity (Wildman–Crippen MR) is 65.2 cm³/mol. The maximum Gasteiger partial charge on any atom is 0.330 e. The van der Waals surface area contributed by atoms with E-state index in [0.717, 1.165) is 0 Å². The summed E-state index contributed by atoms with van der Waals surface area (Å²) in [6, 6.07) is 4.98. The zero-order valence-corrected chi connectivity index (χ0v) is 9.97. The summed E-state index contributed by atoms with van der Waals surface area (Å²) in [5, 5.41) is 0. The van der Waals surface area contributed by atoms with Crippen molar-refractivity contribution in [2.75, 3.05) is 19.1 Å². The smallest absolute Gasteiger partial charge is 0.330 e. The first-order chi connectivity index (χ1) is 8.54. The molecule has 5 nitrogen and oxygen atoms in total. The number of Topliss-reactive ketones (excluding diaryl/α,β-unsaturated/α-hetero) is 1. The van der Waals surface area contributed by atoms with E-state index in [2.05, 4.69) is 4.74 Å². The van der Waals surface area contributed by atoms with Crippen LogP contribution in [0.3, 0.4) is 0 Å². The Balaban J connectivity index is 2.35. The third kappa shape index (κ3) is 1.90. The minimum absolute atomic E-state index is 0.356. The summed E-state index contributed by atoms with van der Waals surface area (Å²) in [6.07, 6.45) is 2.79. The van der Waals surface area contributed by atoms with Gasteiger partial charge in [-0.1, -0.05) is 6.07 Å². The van der Waals surface area contributed by atoms with Crippen molar-refractivity contribution in [3.63, 3.8) is 0 Å². The number of hydrogen-bond acceptors (Lipinski definition) is 4. The average Bonchev–Trinajstić information content (AvgIpc) is 2.61. The molecule has 5 heteroatoms. The third-order valence-corrected chi connectivity index (χ3v) is 2.74. The fourth-order valence-electron chi connectivity index (χ4n) is 1.74. The van der Waals surface area contributed by atoms with Gasteiger partial charge in [0.25, 0.3) is 11.7 Å². The van der Waals surface area contributed by atoms with Crippen LogP contribution in [0.25, 0.3) is 6.08 Å². The predicted octanol–water partition coefficient (Wildman–Crippen LogP) is 1.03. The maximum atomic E-state index is 11.6. The SMILES string of the molecule is COC(=O)/C=C/c1ccc2c(c1)C(=O)C(=O)N2C. The number of carbonyl (C=O) groups is 3. The molecular weight excluding hydrogens is 234 g/mol. The van der Waals surface area contributed by atoms with Gasteiger partial charge in [-0.15, -0.1) is 0 Å². The lowest BCUT2D eigenvalue weighted by atomic mass is 10.1. The van der Waals surface area contributed by atoms with Crippen LogP contribution in [0, 0.1) is 0 Å². The Morgan fingerprint density at radius 2 is 2.06 bits per heavy atom. The highest BCUT2D eigenvalue weighted by Gasteiger charge is 2.32. The van der Waals surface area contributed by atoms with Crippen LogP contribution in [-0.2, 0) is 14.3 Å². The van der Waals surface area contributed by atoms with E-state index in [1.165, 1.54) is 24.2 Å². The van der Waals surface area contributed by atoms with Crippen molar-refractivity contribution in [3.05, 3.63) is 35.4 Å². The van der Waals surface area contributed by atoms with Crippen LogP contribution in [0.15, 0.2) is 24.3 Å². The third-order valence-electron chi connectivity index (χ3n) is 2.74. The monoisotopic (exact) mass is 245 g/mol. The van der Waals surface area contributed by atoms with Crippen LogP contribution in [0.2, 0.25) is 0 Å². The van der Waals surface area contributed by atoms with Gasteiger partial charge in [0.05, 0.1) is 18.4 Å². The molecule has 0 saturated carbocycles. The molecule has 2 rings (SSSR count). The van der Waals surface area contributed by atoms with Crippen molar-refractivity contribution in [2.24, 2.45) is 0 Å². The van der Waals surface area contributed by atoms with Gasteiger partial charge in [-0.3, -0.25) is 9.59 Å². The summed E-state index contributed by atoms with van der Waals surface area (Å²) in [6.45, 7) is 0. The molecule has 0 atom stereocenters. The summed E-state index contributed by atoms with van der Waals surface area (Å²) in [5.74, 6) is -1.55. The van der Waals surface area contributed by atoms with Crippen LogP contribution < -0.4 is 4.90 Å². The number of carbonyl (C=O) groups excluding carboxylic acids is 3. The summed E-state index contributed by atoms with van der Waals surface area (Å²) in [5.41, 5.74) is 1.60. The number of methoxy groups -OCH3 is 1. The molecule has 0 unspecified atom stereocenters. The van der Waals surface area contributed by atoms with Gasteiger partial charge in [0.15, 0.2) is 0 Å². The van der Waals surface area contributed by atoms with Crippen LogP contribution in [0.1, 0.15) is 15.9 Å². The normalized spacial score (nSPS) is 14.2. The Hall–Kier alpha value is -2.43. The van der Waals surface area contributed by atoms with Gasteiger partial charge >= 0.3 is 5.97 Å². The standard InChI is InChI=1S/C13H11NO4/c1-14-10-5-3-8(4-6-11(15)18-2)7-9(10)12(16)13(14)17/h3-7H,1-2H3/b6-4+. The van der Waals surface area contributed by atoms with Crippen molar-refractivity contribution >= 4 is 29.4 Å². The lowest BCUT2D eigenvalue weighted by Crippen LogP contribution is -2.24. The van der Waals surface area contributed by atoms with Crippen molar-refractivity contribution in [3.8, 4) is 0 Å². The first kappa shape index (κ1) is 12.0. The Kier molecular flexibility index (Phi) is 2.97. The summed E-state index contributed by atoms with van der Waals surface area (Å²) < 4.78 is 4.46. The molecule has 1 amide bonds. The number of anilines is 1. The van der Waals surface area contributed by atoms with Crippen molar-refractivity contribution in [2.45, 2.75) is 0 Å². The number of esters is 1. The van der Waals surface area contributed by atoms with Gasteiger partial charge in [0, 0.05) is 13.1 Å². The number of hydrogen-bond donors (Lipinski definition) is 0. The van der Waals surface area contributed by atoms with Crippen molar-refractivity contribution in [1.82, 2.24) is 0 Å². The Morgan fingerprint density at radius 3 is 2.72 bits per heavy atom. The summed E-state index contributed by atoms with van der Waals surface area (Å²) in [7, 11) is 2.84. The fourth-order valence-corrected chi connectivity index (χ4v) is 1.74. The number of benzene rings is 1. The van der Waals surface area contributed by atoms with E-state index in [1.807, 2.05) is 0 Å². The highest BCUT2D eigenvalue weighted by molar-refractivity contribution is 6.52. The quantitative estimate of drug-likeness (QED) is 0.443. The molecule has 0 aliphatic carbocycles. The van der Waals surface area contributed by atoms with Gasteiger partial charge in [-0.05, 0) is 23.8 Å². The van der Waals surface area contributed by atoms with Gasteiger partial charge < -0.3 is 9.64 Å². The van der Waals surface area contributed by atoms with Gasteiger partial charge in [-0.25, -0.2) is 4.79 Å². The molecule has 1 heterocycles. The zero-order chi connectivity index (χ0) is 13.3. The number of amides is 1. The number of fused-ring (bicyclic) bond motifs is 1. The second kappa shape index (κ2) is 4.44. The molecule has 0 radical (unpaired) electrons. The average molecular weight is 245 g/mol. The second-order valence-corrected chi connectivity index (χ2v) is 3.83. The number of ether oxygens (including phenoxy) is 1. The van der Waals surface area contributed by atoms with Gasteiger partial charge in [0.1, 0.15) is 0 Å². The van der Waals surface area contributed by atoms with Crippen LogP contribution in [0.4, 0.5) is 5.69 Å². The van der Waals surface area contributed by atoms with Gasteiger partial charge in [0.2, 0.25) is 0 Å². The molecule has 0 aromatic heterocycles. The number of rotatable bonds is 2. The number of nitrogens with zero attached hydrogens (tertiary/aromatic N) is 1. The molecular formula is C13H11NO4. The minimum Gasteiger partial charge on any atom is -0.466 e. The zero-order valence-electron chi connectivity index (χ0n) is 9.97. The van der Waals surface area contributed by atoms with Gasteiger partial charge in [-0.2, -0.15) is 0 Å². The highest BCUT2D eigenvalue weighted by atomic mass is 16.5. The Bertz CT molecular complexity index is 574. The summed E-state index contributed by atoms with van der Waals surface area (Å²) in [4.78, 5) is 35.4. The molecule has 0 N–H and O–H groups in total. The molecule has 92 valence electrons. The highest BCUT2D eigenvalue weighted by Crippen LogP contribution is 2.28. The van der Waals surface area contributed by atoms with Crippen molar-refractivity contribution < 1.29 is 19.1 Å². The van der Waals surface area contributed by atoms with Crippen LogP contribution in [0.5, 0.6) is 0 Å². The number of likely N-dealkylation sites (N-methyl/N-ethyl adjacent to an activating group) is 1. The lowest BCUT2D eigenvalue weighted by molar-refractivity contribution is -0.134. The van der Waals surface area contributed by atoms with E-state index in [1.54, 1.807) is 25.2 Å². The first-order valence-electron chi connectivity index (χ1n) is 5.27. The maximum absolute atomic E-state index is 11.6. The number of ketones is 1. The van der Waals surface area contributed by atoms with E-state index in [-0.39, 0.29) is 0 Å². The molecule has 0 spiro atoms. The fraction of sp³-hybridized carbons (Fsp3) is 0.154. The van der Waals surface area contributed by atoms with E-state index in [9.17, 15) is 14.4 Å². The minimum atomic E-state index is -0.543. The van der Waals surface area contributed by atoms with Crippen LogP contribution >= 0.6 is 0 Å². The topological polar surface area (TPSA) is 63.7 Å². The van der Waals surface area contributed by atoms with E-state index >= 15 is 0 Å². The van der Waals surface area contributed by atoms with E-state index in [4.69, 9.17) is 0 Å². The lowest BCUT2D eigenvalue weighted by Gasteiger charge is -2.08.